The van der Waals surface area contributed by atoms with Crippen LogP contribution in [0.2, 0.25) is 5.02 Å². The first-order valence-electron chi connectivity index (χ1n) is 28.7. The van der Waals surface area contributed by atoms with Crippen molar-refractivity contribution in [1.29, 1.82) is 0 Å². The Kier molecular flexibility index (Phi) is 19.5. The van der Waals surface area contributed by atoms with Crippen molar-refractivity contribution in [3.8, 4) is 11.1 Å². The molecule has 4 unspecified atom stereocenters. The predicted molar refractivity (Wildman–Crippen MR) is 321 cm³/mol. The van der Waals surface area contributed by atoms with E-state index < -0.39 is 42.9 Å². The molecule has 4 aromatic rings. The number of aromatic nitrogens is 2. The number of aryl methyl sites for hydroxylation is 2. The van der Waals surface area contributed by atoms with Crippen molar-refractivity contribution in [3.05, 3.63) is 88.2 Å². The Hall–Kier alpha value is -4.87. The normalized spacial score (nSPS) is 26.0. The first kappa shape index (κ1) is 63.2. The van der Waals surface area contributed by atoms with Crippen molar-refractivity contribution < 1.29 is 51.8 Å². The van der Waals surface area contributed by atoms with Gasteiger partial charge in [0.25, 0.3) is 0 Å². The van der Waals surface area contributed by atoms with Crippen LogP contribution in [0.1, 0.15) is 110 Å². The van der Waals surface area contributed by atoms with Crippen LogP contribution in [0.4, 0.5) is 45.8 Å². The first-order valence-corrected chi connectivity index (χ1v) is 29.1. The smallest absolute Gasteiger partial charge is 0.399 e. The van der Waals surface area contributed by atoms with Crippen molar-refractivity contribution in [3.63, 3.8) is 0 Å². The number of pyridine rings is 2. The van der Waals surface area contributed by atoms with Crippen molar-refractivity contribution in [2.75, 3.05) is 87.1 Å². The quantitative estimate of drug-likeness (QED) is 0.0656. The van der Waals surface area contributed by atoms with Gasteiger partial charge in [0.15, 0.2) is 0 Å². The molecule has 7 fully saturated rings. The van der Waals surface area contributed by atoms with Crippen molar-refractivity contribution in [2.45, 2.75) is 141 Å². The summed E-state index contributed by atoms with van der Waals surface area (Å²) in [5.41, 5.74) is 7.64. The second kappa shape index (κ2) is 25.4. The fraction of sp³-hybridized carbons (Fsp3) is 0.600. The molecule has 6 N–H and O–H groups in total. The topological polar surface area (TPSA) is 192 Å². The molecule has 0 spiro atoms. The number of alkyl halides is 3. The van der Waals surface area contributed by atoms with Crippen LogP contribution >= 0.6 is 25.1 Å². The summed E-state index contributed by atoms with van der Waals surface area (Å²) in [4.78, 5) is 38.3. The average Bonchev–Trinajstić information content (AvgIpc) is 2.72. The molecule has 5 saturated heterocycles. The molecule has 8 atom stereocenters. The summed E-state index contributed by atoms with van der Waals surface area (Å²) in [7, 11) is -0.556. The van der Waals surface area contributed by atoms with Gasteiger partial charge in [-0.3, -0.25) is 0 Å². The molecule has 7 heterocycles. The number of carbonyl (C=O) groups is 2. The van der Waals surface area contributed by atoms with E-state index in [1.807, 2.05) is 77.6 Å². The minimum absolute atomic E-state index is 0. The molecule has 0 radical (unpaired) electrons. The maximum absolute atomic E-state index is 12.9. The number of hydrogen-bond acceptors (Lipinski definition) is 12. The molecule has 22 heteroatoms. The lowest BCUT2D eigenvalue weighted by Gasteiger charge is -2.32. The lowest BCUT2D eigenvalue weighted by Crippen LogP contribution is -2.41. The number of amides is 4. The van der Waals surface area contributed by atoms with Gasteiger partial charge in [-0.2, -0.15) is 26.7 Å². The Morgan fingerprint density at radius 3 is 1.73 bits per heavy atom. The molecule has 0 bridgehead atoms. The Bertz CT molecular complexity index is 2910. The van der Waals surface area contributed by atoms with Crippen molar-refractivity contribution in [1.82, 2.24) is 19.8 Å². The summed E-state index contributed by atoms with van der Waals surface area (Å²) in [6, 6.07) is 18.9. The highest BCUT2D eigenvalue weighted by Crippen LogP contribution is 2.59. The summed E-state index contributed by atoms with van der Waals surface area (Å²) in [6.45, 7) is 23.2. The van der Waals surface area contributed by atoms with Crippen LogP contribution in [0.5, 0.6) is 0 Å². The second-order valence-corrected chi connectivity index (χ2v) is 25.2. The summed E-state index contributed by atoms with van der Waals surface area (Å²) in [5, 5.41) is 31.7. The van der Waals surface area contributed by atoms with Gasteiger partial charge in [-0.15, -0.1) is 0 Å². The fourth-order valence-electron chi connectivity index (χ4n) is 11.8. The van der Waals surface area contributed by atoms with E-state index in [9.17, 15) is 27.9 Å². The van der Waals surface area contributed by atoms with Gasteiger partial charge in [0.2, 0.25) is 0 Å². The highest BCUT2D eigenvalue weighted by Gasteiger charge is 2.61. The van der Waals surface area contributed by atoms with Crippen LogP contribution < -0.4 is 26.7 Å². The van der Waals surface area contributed by atoms with Gasteiger partial charge in [-0.25, -0.2) is 19.6 Å². The highest BCUT2D eigenvalue weighted by atomic mass is 35.5. The largest absolute Gasteiger partial charge is 0.495 e. The minimum atomic E-state index is -4.20. The number of aliphatic hydroxyl groups excluding tert-OH is 2. The van der Waals surface area contributed by atoms with E-state index >= 15 is 0 Å². The fourth-order valence-corrected chi connectivity index (χ4v) is 12.0. The number of halogens is 4. The Labute approximate surface area is 493 Å². The molecule has 82 heavy (non-hydrogen) atoms. The number of carbonyl (C=O) groups excluding carboxylic acids is 2. The lowest BCUT2D eigenvalue weighted by molar-refractivity contribution is -0.143. The monoisotopic (exact) mass is 1180 g/mol. The number of aliphatic hydroxyl groups is 2. The molecule has 2 aromatic heterocycles. The van der Waals surface area contributed by atoms with Gasteiger partial charge in [0.1, 0.15) is 11.6 Å². The van der Waals surface area contributed by atoms with Gasteiger partial charge in [-0.05, 0) is 175 Å². The van der Waals surface area contributed by atoms with Crippen molar-refractivity contribution in [2.24, 2.45) is 23.7 Å². The number of urea groups is 2. The number of nitrogens with one attached hydrogen (secondary N) is 4. The molecule has 16 nitrogen and oxygen atoms in total. The summed E-state index contributed by atoms with van der Waals surface area (Å²) in [5.74, 6) is 2.69. The number of hydrogen-bond donors (Lipinski definition) is 6. The average molecular weight is 1180 g/mol. The van der Waals surface area contributed by atoms with Gasteiger partial charge in [-0.1, -0.05) is 42.6 Å². The third-order valence-corrected chi connectivity index (χ3v) is 18.1. The Balaban J connectivity index is 0.000000167. The van der Waals surface area contributed by atoms with Crippen LogP contribution in [-0.4, -0.2) is 144 Å². The van der Waals surface area contributed by atoms with E-state index in [4.69, 9.17) is 40.5 Å². The van der Waals surface area contributed by atoms with Gasteiger partial charge in [0, 0.05) is 71.9 Å². The highest BCUT2D eigenvalue weighted by molar-refractivity contribution is 7.59. The molecule has 7 aliphatic rings. The summed E-state index contributed by atoms with van der Waals surface area (Å²) in [6.07, 6.45) is -0.241. The second-order valence-electron chi connectivity index (χ2n) is 24.8. The number of fused-ring (bicyclic) bond motifs is 2. The number of nitrogens with zero attached hydrogens (tertiary/aromatic N) is 4. The number of rotatable bonds is 14. The maximum atomic E-state index is 12.9. The van der Waals surface area contributed by atoms with E-state index in [1.165, 1.54) is 4.90 Å². The zero-order valence-electron chi connectivity index (χ0n) is 48.8. The summed E-state index contributed by atoms with van der Waals surface area (Å²) < 4.78 is 61.2. The molecule has 448 valence electrons. The molecule has 2 aromatic carbocycles. The molecular weight excluding hydrogens is 1100 g/mol. The zero-order valence-corrected chi connectivity index (χ0v) is 50.5. The van der Waals surface area contributed by atoms with Gasteiger partial charge >= 0.3 is 25.4 Å². The lowest BCUT2D eigenvalue weighted by atomic mass is 9.76. The van der Waals surface area contributed by atoms with E-state index in [-0.39, 0.29) is 62.2 Å². The SMILES string of the molecule is CC[C@@H]1CCN(C(=O)Nc2ccc(C)c(-c3cc(N[C@H](C)CO)nc(C45COCC4C5)c3)c2)C1.C[C@H](CO)Nc1cc(Cl)cc(C23COCC2C3)n1.Cc1ccc(NC(=O)N2CC[C@@H](CC(F)(F)F)C2)cc1B1OC(C)(C)C(C)(C)O1.S. The van der Waals surface area contributed by atoms with Crippen LogP contribution in [0.3, 0.4) is 0 Å². The van der Waals surface area contributed by atoms with Gasteiger partial charge in [0.05, 0.1) is 62.2 Å². The standard InChI is InChI=1S/C27H36N4O3.C20H28BF3N2O3.C13H17ClN2O2.H2S/c1-4-19-7-8-31(13-19)26(33)29-22-6-5-17(2)23(11-22)20-9-24(27-12-21(27)15-34-16-27)30-25(10-20)28-18(3)14-32;1-13-6-7-15(10-16(13)21-28-18(2,3)19(4,5)29-21)25-17(27)26-9-8-14(12-26)11-20(22,23)24;1-8(5-17)15-12-3-10(14)2-11(16-12)13-4-9(13)6-18-7-13;/h5-6,9-11,18-19,21,32H,4,7-8,12-16H2,1-3H3,(H,28,30)(H,29,33);6-7,10,14H,8-9,11-12H2,1-5H3,(H,25,27);2-3,8-9,17H,4-7H2,1H3,(H,15,16);1H2/t18-,19-,21?,27?;14-;8-,9?,13?;/m101./s1. The molecule has 5 aliphatic heterocycles. The third kappa shape index (κ3) is 14.4. The minimum Gasteiger partial charge on any atom is -0.399 e. The van der Waals surface area contributed by atoms with Gasteiger partial charge < -0.3 is 60.1 Å². The zero-order chi connectivity index (χ0) is 58.2. The molecule has 4 amide bonds. The van der Waals surface area contributed by atoms with E-state index in [1.54, 1.807) is 18.2 Å². The predicted octanol–water partition coefficient (Wildman–Crippen LogP) is 10.4. The molecule has 2 aliphatic carbocycles. The summed E-state index contributed by atoms with van der Waals surface area (Å²) >= 11 is 6.15. The molecule has 2 saturated carbocycles. The van der Waals surface area contributed by atoms with E-state index in [0.29, 0.717) is 48.0 Å². The number of anilines is 4. The Morgan fingerprint density at radius 1 is 0.744 bits per heavy atom. The Morgan fingerprint density at radius 2 is 1.24 bits per heavy atom. The third-order valence-electron chi connectivity index (χ3n) is 17.9. The first-order chi connectivity index (χ1) is 38.3. The molecule has 11 rings (SSSR count). The van der Waals surface area contributed by atoms with Crippen LogP contribution in [0.15, 0.2) is 60.7 Å². The number of benzene rings is 2. The van der Waals surface area contributed by atoms with Crippen molar-refractivity contribution >= 4 is 72.8 Å². The van der Waals surface area contributed by atoms with Crippen LogP contribution in [0.25, 0.3) is 11.1 Å². The van der Waals surface area contributed by atoms with E-state index in [0.717, 1.165) is 115 Å². The molecular formula is C60H83BClF3N8O8S. The number of likely N-dealkylation sites (tertiary alicyclic amines) is 2. The van der Waals surface area contributed by atoms with Crippen LogP contribution in [0, 0.1) is 37.5 Å². The maximum Gasteiger partial charge on any atom is 0.495 e. The number of ether oxygens (including phenoxy) is 2. The van der Waals surface area contributed by atoms with Crippen LogP contribution in [-0.2, 0) is 29.6 Å². The van der Waals surface area contributed by atoms with E-state index in [2.05, 4.69) is 58.3 Å².